The Bertz CT molecular complexity index is 428. The molecule has 1 fully saturated rings. The Morgan fingerprint density at radius 2 is 2.05 bits per heavy atom. The lowest BCUT2D eigenvalue weighted by atomic mass is 10.0. The molecule has 4 nitrogen and oxygen atoms in total. The number of amides is 1. The van der Waals surface area contributed by atoms with Crippen LogP contribution in [-0.4, -0.2) is 32.1 Å². The van der Waals surface area contributed by atoms with Gasteiger partial charge in [0.25, 0.3) is 0 Å². The highest BCUT2D eigenvalue weighted by Crippen LogP contribution is 2.31. The van der Waals surface area contributed by atoms with E-state index in [4.69, 9.17) is 4.74 Å². The van der Waals surface area contributed by atoms with Crippen LogP contribution in [0, 0.1) is 0 Å². The van der Waals surface area contributed by atoms with Crippen molar-refractivity contribution in [2.75, 3.05) is 25.1 Å². The lowest BCUT2D eigenvalue weighted by molar-refractivity contribution is -0.118. The molecule has 1 aromatic carbocycles. The van der Waals surface area contributed by atoms with Crippen molar-refractivity contribution >= 4 is 11.6 Å². The van der Waals surface area contributed by atoms with Gasteiger partial charge >= 0.3 is 0 Å². The number of benzene rings is 1. The molecule has 0 spiro atoms. The smallest absolute Gasteiger partial charge is 0.227 e. The molecule has 0 aliphatic carbocycles. The molecule has 0 radical (unpaired) electrons. The maximum atomic E-state index is 12.3. The molecule has 1 heterocycles. The molecule has 4 heteroatoms. The Morgan fingerprint density at radius 1 is 1.37 bits per heavy atom. The summed E-state index contributed by atoms with van der Waals surface area (Å²) < 4.78 is 5.40. The Morgan fingerprint density at radius 3 is 2.68 bits per heavy atom. The molecular weight excluding hydrogens is 240 g/mol. The number of hydrogen-bond acceptors (Lipinski definition) is 3. The van der Waals surface area contributed by atoms with Crippen LogP contribution in [0.15, 0.2) is 24.3 Å². The lowest BCUT2D eigenvalue weighted by Gasteiger charge is -2.35. The highest BCUT2D eigenvalue weighted by Gasteiger charge is 2.27. The number of nitrogens with one attached hydrogen (secondary N) is 1. The largest absolute Gasteiger partial charge is 0.495 e. The Hall–Kier alpha value is -1.55. The molecule has 0 aromatic heterocycles. The van der Waals surface area contributed by atoms with Crippen LogP contribution in [0.25, 0.3) is 0 Å². The topological polar surface area (TPSA) is 41.6 Å². The van der Waals surface area contributed by atoms with Crippen molar-refractivity contribution in [3.8, 4) is 5.75 Å². The Balaban J connectivity index is 2.33. The van der Waals surface area contributed by atoms with Gasteiger partial charge in [-0.3, -0.25) is 4.79 Å². The fraction of sp³-hybridized carbons (Fsp3) is 0.533. The zero-order valence-corrected chi connectivity index (χ0v) is 11.7. The molecule has 104 valence electrons. The van der Waals surface area contributed by atoms with Crippen molar-refractivity contribution in [2.45, 2.75) is 32.2 Å². The molecule has 0 saturated carbocycles. The van der Waals surface area contributed by atoms with E-state index in [1.807, 2.05) is 36.1 Å². The normalized spacial score (nSPS) is 16.1. The van der Waals surface area contributed by atoms with E-state index in [2.05, 4.69) is 5.32 Å². The molecular formula is C15H22N2O2. The molecule has 1 N–H and O–H groups in total. The van der Waals surface area contributed by atoms with Crippen molar-refractivity contribution in [1.82, 2.24) is 5.32 Å². The van der Waals surface area contributed by atoms with Crippen molar-refractivity contribution in [3.63, 3.8) is 0 Å². The highest BCUT2D eigenvalue weighted by atomic mass is 16.5. The van der Waals surface area contributed by atoms with E-state index in [1.54, 1.807) is 7.11 Å². The first-order chi connectivity index (χ1) is 9.27. The molecule has 1 aromatic rings. The molecule has 1 amide bonds. The van der Waals surface area contributed by atoms with Crippen LogP contribution in [0.5, 0.6) is 5.75 Å². The van der Waals surface area contributed by atoms with Crippen LogP contribution >= 0.6 is 0 Å². The monoisotopic (exact) mass is 262 g/mol. The van der Waals surface area contributed by atoms with Gasteiger partial charge in [-0.25, -0.2) is 0 Å². The number of methoxy groups -OCH3 is 1. The minimum absolute atomic E-state index is 0.163. The number of hydrogen-bond donors (Lipinski definition) is 1. The van der Waals surface area contributed by atoms with Crippen LogP contribution < -0.4 is 15.0 Å². The predicted octanol–water partition coefficient (Wildman–Crippen LogP) is 2.19. The SMILES string of the molecule is CCC(=O)N(c1ccccc1OC)C1CCNCC1. The van der Waals surface area contributed by atoms with Gasteiger partial charge in [0.15, 0.2) is 0 Å². The molecule has 0 atom stereocenters. The third-order valence-corrected chi connectivity index (χ3v) is 3.59. The van der Waals surface area contributed by atoms with Gasteiger partial charge < -0.3 is 15.0 Å². The van der Waals surface area contributed by atoms with Gasteiger partial charge in [-0.15, -0.1) is 0 Å². The van der Waals surface area contributed by atoms with E-state index >= 15 is 0 Å². The maximum Gasteiger partial charge on any atom is 0.227 e. The molecule has 1 saturated heterocycles. The number of anilines is 1. The third kappa shape index (κ3) is 3.07. The number of nitrogens with zero attached hydrogens (tertiary/aromatic N) is 1. The van der Waals surface area contributed by atoms with Gasteiger partial charge in [0.05, 0.1) is 12.8 Å². The summed E-state index contributed by atoms with van der Waals surface area (Å²) in [4.78, 5) is 14.3. The Kier molecular flexibility index (Phi) is 4.80. The summed E-state index contributed by atoms with van der Waals surface area (Å²) in [7, 11) is 1.65. The second-order valence-corrected chi connectivity index (χ2v) is 4.77. The second-order valence-electron chi connectivity index (χ2n) is 4.77. The van der Waals surface area contributed by atoms with Gasteiger partial charge in [-0.1, -0.05) is 19.1 Å². The number of carbonyl (C=O) groups excluding carboxylic acids is 1. The van der Waals surface area contributed by atoms with Gasteiger partial charge in [0, 0.05) is 12.5 Å². The van der Waals surface area contributed by atoms with Crippen molar-refractivity contribution in [3.05, 3.63) is 24.3 Å². The van der Waals surface area contributed by atoms with Gasteiger partial charge in [-0.2, -0.15) is 0 Å². The first-order valence-corrected chi connectivity index (χ1v) is 6.93. The summed E-state index contributed by atoms with van der Waals surface area (Å²) in [6, 6.07) is 8.03. The summed E-state index contributed by atoms with van der Waals surface area (Å²) in [6.45, 7) is 3.84. The van der Waals surface area contributed by atoms with Crippen LogP contribution in [0.1, 0.15) is 26.2 Å². The van der Waals surface area contributed by atoms with E-state index in [0.717, 1.165) is 37.4 Å². The van der Waals surface area contributed by atoms with E-state index in [-0.39, 0.29) is 11.9 Å². The fourth-order valence-electron chi connectivity index (χ4n) is 2.60. The predicted molar refractivity (Wildman–Crippen MR) is 76.7 cm³/mol. The quantitative estimate of drug-likeness (QED) is 0.904. The average molecular weight is 262 g/mol. The zero-order valence-electron chi connectivity index (χ0n) is 11.7. The summed E-state index contributed by atoms with van der Waals surface area (Å²) in [5.74, 6) is 0.930. The molecule has 1 aliphatic rings. The van der Waals surface area contributed by atoms with Crippen molar-refractivity contribution in [2.24, 2.45) is 0 Å². The van der Waals surface area contributed by atoms with E-state index in [0.29, 0.717) is 6.42 Å². The molecule has 1 aliphatic heterocycles. The third-order valence-electron chi connectivity index (χ3n) is 3.59. The number of ether oxygens (including phenoxy) is 1. The summed E-state index contributed by atoms with van der Waals surface area (Å²) in [6.07, 6.45) is 2.50. The number of para-hydroxylation sites is 2. The maximum absolute atomic E-state index is 12.3. The first kappa shape index (κ1) is 13.9. The number of carbonyl (C=O) groups is 1. The van der Waals surface area contributed by atoms with E-state index in [9.17, 15) is 4.79 Å². The van der Waals surface area contributed by atoms with Crippen molar-refractivity contribution in [1.29, 1.82) is 0 Å². The van der Waals surface area contributed by atoms with Crippen LogP contribution in [0.2, 0.25) is 0 Å². The van der Waals surface area contributed by atoms with Crippen LogP contribution in [0.4, 0.5) is 5.69 Å². The molecule has 0 bridgehead atoms. The first-order valence-electron chi connectivity index (χ1n) is 6.93. The highest BCUT2D eigenvalue weighted by molar-refractivity contribution is 5.95. The summed E-state index contributed by atoms with van der Waals surface area (Å²) in [5.41, 5.74) is 0.892. The molecule has 19 heavy (non-hydrogen) atoms. The average Bonchev–Trinajstić information content (AvgIpc) is 2.49. The standard InChI is InChI=1S/C15H22N2O2/c1-3-15(18)17(12-8-10-16-11-9-12)13-6-4-5-7-14(13)19-2/h4-7,12,16H,3,8-11H2,1-2H3. The summed E-state index contributed by atoms with van der Waals surface area (Å²) in [5, 5.41) is 3.34. The fourth-order valence-corrected chi connectivity index (χ4v) is 2.60. The Labute approximate surface area is 114 Å². The van der Waals surface area contributed by atoms with Crippen molar-refractivity contribution < 1.29 is 9.53 Å². The molecule has 2 rings (SSSR count). The second kappa shape index (κ2) is 6.57. The minimum atomic E-state index is 0.163. The van der Waals surface area contributed by atoms with E-state index < -0.39 is 0 Å². The van der Waals surface area contributed by atoms with E-state index in [1.165, 1.54) is 0 Å². The van der Waals surface area contributed by atoms with Crippen LogP contribution in [0.3, 0.4) is 0 Å². The van der Waals surface area contributed by atoms with Gasteiger partial charge in [0.2, 0.25) is 5.91 Å². The summed E-state index contributed by atoms with van der Waals surface area (Å²) >= 11 is 0. The lowest BCUT2D eigenvalue weighted by Crippen LogP contribution is -2.46. The van der Waals surface area contributed by atoms with Gasteiger partial charge in [-0.05, 0) is 38.1 Å². The zero-order chi connectivity index (χ0) is 13.7. The van der Waals surface area contributed by atoms with Gasteiger partial charge in [0.1, 0.15) is 5.75 Å². The number of rotatable bonds is 4. The number of piperidine rings is 1. The van der Waals surface area contributed by atoms with Crippen LogP contribution in [-0.2, 0) is 4.79 Å². The molecule has 0 unspecified atom stereocenters. The minimum Gasteiger partial charge on any atom is -0.495 e.